The number of halogens is 1. The average molecular weight is 252 g/mol. The van der Waals surface area contributed by atoms with E-state index >= 15 is 0 Å². The van der Waals surface area contributed by atoms with Crippen molar-refractivity contribution in [3.63, 3.8) is 0 Å². The van der Waals surface area contributed by atoms with Crippen molar-refractivity contribution in [1.82, 2.24) is 4.90 Å². The molecule has 0 radical (unpaired) electrons. The van der Waals surface area contributed by atoms with Crippen LogP contribution in [0.5, 0.6) is 0 Å². The van der Waals surface area contributed by atoms with E-state index in [0.29, 0.717) is 5.02 Å². The summed E-state index contributed by atoms with van der Waals surface area (Å²) in [6.07, 6.45) is 1.95. The molecule has 1 aromatic rings. The van der Waals surface area contributed by atoms with Crippen LogP contribution in [0, 0.1) is 0 Å². The lowest BCUT2D eigenvalue weighted by Gasteiger charge is -2.36. The molecule has 0 bridgehead atoms. The molecule has 1 aliphatic rings. The van der Waals surface area contributed by atoms with Crippen LogP contribution < -0.4 is 10.6 Å². The van der Waals surface area contributed by atoms with Crippen LogP contribution in [0.25, 0.3) is 0 Å². The van der Waals surface area contributed by atoms with Gasteiger partial charge in [-0.05, 0) is 18.2 Å². The highest BCUT2D eigenvalue weighted by atomic mass is 35.5. The summed E-state index contributed by atoms with van der Waals surface area (Å²) in [4.78, 5) is 4.70. The van der Waals surface area contributed by atoms with Gasteiger partial charge in [0.25, 0.3) is 0 Å². The van der Waals surface area contributed by atoms with Gasteiger partial charge in [-0.3, -0.25) is 4.90 Å². The Hall–Kier alpha value is -1.19. The smallest absolute Gasteiger partial charge is 0.0601 e. The number of nitrogens with zero attached hydrogens (tertiary/aromatic N) is 2. The van der Waals surface area contributed by atoms with Crippen molar-refractivity contribution in [3.8, 4) is 0 Å². The van der Waals surface area contributed by atoms with E-state index in [4.69, 9.17) is 17.3 Å². The monoisotopic (exact) mass is 251 g/mol. The third-order valence-electron chi connectivity index (χ3n) is 3.09. The van der Waals surface area contributed by atoms with Gasteiger partial charge in [-0.1, -0.05) is 17.7 Å². The molecule has 2 rings (SSSR count). The summed E-state index contributed by atoms with van der Waals surface area (Å²) in [5.74, 6) is 0. The van der Waals surface area contributed by atoms with Gasteiger partial charge in [0.2, 0.25) is 0 Å². The predicted molar refractivity (Wildman–Crippen MR) is 74.7 cm³/mol. The van der Waals surface area contributed by atoms with Gasteiger partial charge < -0.3 is 10.6 Å². The molecule has 1 heterocycles. The molecule has 1 saturated heterocycles. The highest BCUT2D eigenvalue weighted by Crippen LogP contribution is 2.27. The Morgan fingerprint density at radius 1 is 1.29 bits per heavy atom. The van der Waals surface area contributed by atoms with Crippen molar-refractivity contribution in [2.24, 2.45) is 0 Å². The number of piperazine rings is 1. The second-order valence-corrected chi connectivity index (χ2v) is 4.72. The molecule has 0 unspecified atom stereocenters. The lowest BCUT2D eigenvalue weighted by atomic mass is 10.2. The van der Waals surface area contributed by atoms with Crippen LogP contribution in [0.3, 0.4) is 0 Å². The summed E-state index contributed by atoms with van der Waals surface area (Å²) in [6, 6.07) is 5.71. The van der Waals surface area contributed by atoms with E-state index in [0.717, 1.165) is 44.1 Å². The van der Waals surface area contributed by atoms with E-state index < -0.39 is 0 Å². The van der Waals surface area contributed by atoms with Crippen LogP contribution >= 0.6 is 11.6 Å². The Labute approximate surface area is 107 Å². The molecule has 1 aliphatic heterocycles. The zero-order valence-electron chi connectivity index (χ0n) is 9.90. The second-order valence-electron chi connectivity index (χ2n) is 4.28. The molecule has 0 aromatic heterocycles. The fourth-order valence-electron chi connectivity index (χ4n) is 2.17. The maximum atomic E-state index is 5.99. The van der Waals surface area contributed by atoms with E-state index in [9.17, 15) is 0 Å². The van der Waals surface area contributed by atoms with Gasteiger partial charge in [0.15, 0.2) is 0 Å². The molecule has 1 fully saturated rings. The molecule has 17 heavy (non-hydrogen) atoms. The third kappa shape index (κ3) is 2.93. The van der Waals surface area contributed by atoms with Gasteiger partial charge in [0.05, 0.1) is 11.4 Å². The Balaban J connectivity index is 2.02. The summed E-state index contributed by atoms with van der Waals surface area (Å²) >= 11 is 5.90. The van der Waals surface area contributed by atoms with Crippen molar-refractivity contribution in [2.45, 2.75) is 0 Å². The highest BCUT2D eigenvalue weighted by molar-refractivity contribution is 6.31. The molecule has 0 amide bonds. The zero-order valence-corrected chi connectivity index (χ0v) is 10.7. The average Bonchev–Trinajstić information content (AvgIpc) is 2.31. The van der Waals surface area contributed by atoms with Crippen LogP contribution in [0.15, 0.2) is 30.9 Å². The molecule has 0 atom stereocenters. The van der Waals surface area contributed by atoms with Gasteiger partial charge in [-0.15, -0.1) is 6.58 Å². The van der Waals surface area contributed by atoms with Crippen molar-refractivity contribution in [1.29, 1.82) is 0 Å². The molecule has 1 aromatic carbocycles. The van der Waals surface area contributed by atoms with Gasteiger partial charge >= 0.3 is 0 Å². The van der Waals surface area contributed by atoms with Crippen LogP contribution in [-0.4, -0.2) is 37.6 Å². The minimum atomic E-state index is 0.691. The number of hydrogen-bond acceptors (Lipinski definition) is 3. The topological polar surface area (TPSA) is 32.5 Å². The summed E-state index contributed by atoms with van der Waals surface area (Å²) in [5.41, 5.74) is 7.84. The summed E-state index contributed by atoms with van der Waals surface area (Å²) < 4.78 is 0. The maximum absolute atomic E-state index is 5.99. The molecule has 4 heteroatoms. The molecule has 0 saturated carbocycles. The molecular formula is C13H18ClN3. The van der Waals surface area contributed by atoms with Crippen LogP contribution in [0.1, 0.15) is 0 Å². The minimum absolute atomic E-state index is 0.691. The normalized spacial score (nSPS) is 17.1. The van der Waals surface area contributed by atoms with Crippen LogP contribution in [0.4, 0.5) is 11.4 Å². The van der Waals surface area contributed by atoms with E-state index in [2.05, 4.69) is 16.4 Å². The fourth-order valence-corrected chi connectivity index (χ4v) is 2.35. The summed E-state index contributed by atoms with van der Waals surface area (Å²) in [5, 5.41) is 0.691. The predicted octanol–water partition coefficient (Wildman–Crippen LogP) is 2.23. The highest BCUT2D eigenvalue weighted by Gasteiger charge is 2.17. The lowest BCUT2D eigenvalue weighted by molar-refractivity contribution is 0.284. The summed E-state index contributed by atoms with van der Waals surface area (Å²) in [7, 11) is 0. The van der Waals surface area contributed by atoms with E-state index in [1.165, 1.54) is 0 Å². The number of rotatable bonds is 3. The van der Waals surface area contributed by atoms with E-state index in [-0.39, 0.29) is 0 Å². The number of hydrogen-bond donors (Lipinski definition) is 1. The quantitative estimate of drug-likeness (QED) is 0.661. The Bertz CT molecular complexity index is 398. The second kappa shape index (κ2) is 5.43. The van der Waals surface area contributed by atoms with Gasteiger partial charge in [0.1, 0.15) is 0 Å². The molecule has 0 aliphatic carbocycles. The lowest BCUT2D eigenvalue weighted by Crippen LogP contribution is -2.46. The standard InChI is InChI=1S/C13H18ClN3/c1-2-5-16-6-8-17(9-7-16)13-4-3-11(14)10-12(13)15/h2-4,10H,1,5-9,15H2. The molecule has 3 nitrogen and oxygen atoms in total. The first-order valence-corrected chi connectivity index (χ1v) is 6.21. The van der Waals surface area contributed by atoms with Crippen molar-refractivity contribution >= 4 is 23.0 Å². The molecule has 2 N–H and O–H groups in total. The Morgan fingerprint density at radius 3 is 2.59 bits per heavy atom. The zero-order chi connectivity index (χ0) is 12.3. The number of benzene rings is 1. The van der Waals surface area contributed by atoms with Crippen molar-refractivity contribution in [3.05, 3.63) is 35.9 Å². The first-order chi connectivity index (χ1) is 8.20. The summed E-state index contributed by atoms with van der Waals surface area (Å²) in [6.45, 7) is 8.83. The number of nitrogens with two attached hydrogens (primary N) is 1. The SMILES string of the molecule is C=CCN1CCN(c2ccc(Cl)cc2N)CC1. The van der Waals surface area contributed by atoms with Crippen molar-refractivity contribution < 1.29 is 0 Å². The van der Waals surface area contributed by atoms with Gasteiger partial charge in [-0.2, -0.15) is 0 Å². The van der Waals surface area contributed by atoms with Gasteiger partial charge in [0, 0.05) is 37.7 Å². The van der Waals surface area contributed by atoms with E-state index in [1.807, 2.05) is 24.3 Å². The van der Waals surface area contributed by atoms with Crippen LogP contribution in [-0.2, 0) is 0 Å². The van der Waals surface area contributed by atoms with Gasteiger partial charge in [-0.25, -0.2) is 0 Å². The first-order valence-electron chi connectivity index (χ1n) is 5.84. The minimum Gasteiger partial charge on any atom is -0.397 e. The largest absolute Gasteiger partial charge is 0.397 e. The molecule has 92 valence electrons. The maximum Gasteiger partial charge on any atom is 0.0601 e. The number of nitrogen functional groups attached to an aromatic ring is 1. The van der Waals surface area contributed by atoms with Crippen molar-refractivity contribution in [2.75, 3.05) is 43.4 Å². The van der Waals surface area contributed by atoms with Crippen LogP contribution in [0.2, 0.25) is 5.02 Å². The Kier molecular flexibility index (Phi) is 3.92. The first kappa shape index (κ1) is 12.3. The Morgan fingerprint density at radius 2 is 2.00 bits per heavy atom. The van der Waals surface area contributed by atoms with E-state index in [1.54, 1.807) is 0 Å². The molecular weight excluding hydrogens is 234 g/mol. The number of anilines is 2. The third-order valence-corrected chi connectivity index (χ3v) is 3.32. The fraction of sp³-hybridized carbons (Fsp3) is 0.385. The molecule has 0 spiro atoms.